The molecule has 0 heterocycles. The molecular formula is C34H46N3O9PS. The van der Waals surface area contributed by atoms with Crippen molar-refractivity contribution in [2.75, 3.05) is 26.8 Å². The molecule has 3 rings (SSSR count). The van der Waals surface area contributed by atoms with Crippen molar-refractivity contribution in [2.24, 2.45) is 5.92 Å². The van der Waals surface area contributed by atoms with Crippen molar-refractivity contribution in [2.45, 2.75) is 62.9 Å². The number of aryl methyl sites for hydroxylation is 1. The highest BCUT2D eigenvalue weighted by Gasteiger charge is 2.35. The molecule has 1 unspecified atom stereocenters. The van der Waals surface area contributed by atoms with Crippen LogP contribution >= 0.6 is 7.82 Å². The molecule has 3 aromatic rings. The predicted molar refractivity (Wildman–Crippen MR) is 183 cm³/mol. The van der Waals surface area contributed by atoms with Crippen LogP contribution in [0.1, 0.15) is 55.7 Å². The maximum atomic E-state index is 13.8. The minimum atomic E-state index is -4.89. The fourth-order valence-electron chi connectivity index (χ4n) is 5.35. The van der Waals surface area contributed by atoms with Gasteiger partial charge in [-0.05, 0) is 48.9 Å². The molecular weight excluding hydrogens is 657 g/mol. The zero-order valence-corrected chi connectivity index (χ0v) is 29.4. The molecule has 4 N–H and O–H groups in total. The Kier molecular flexibility index (Phi) is 14.8. The Labute approximate surface area is 283 Å². The molecule has 3 aromatic carbocycles. The number of unbranched alkanes of at least 4 members (excludes halogenated alkanes) is 1. The molecule has 0 bridgehead atoms. The Balaban J connectivity index is 1.78. The van der Waals surface area contributed by atoms with Crippen molar-refractivity contribution in [1.29, 1.82) is 0 Å². The summed E-state index contributed by atoms with van der Waals surface area (Å²) in [6, 6.07) is 23.1. The summed E-state index contributed by atoms with van der Waals surface area (Å²) in [6.45, 7) is 5.32. The lowest BCUT2D eigenvalue weighted by Gasteiger charge is -2.32. The molecule has 14 heteroatoms. The van der Waals surface area contributed by atoms with E-state index < -0.39 is 54.5 Å². The van der Waals surface area contributed by atoms with Gasteiger partial charge in [0.1, 0.15) is 6.04 Å². The number of carbonyl (C=O) groups excluding carboxylic acids is 2. The van der Waals surface area contributed by atoms with Crippen molar-refractivity contribution < 1.29 is 41.6 Å². The molecule has 48 heavy (non-hydrogen) atoms. The summed E-state index contributed by atoms with van der Waals surface area (Å²) in [4.78, 5) is 45.0. The number of rotatable bonds is 18. The standard InChI is InChI=1S/C34H46N3O9PS/c1-25(2)23-37(48(43,44)30-20-18-26(3)19-21-30)29(24-46-47(40,41)42)17-11-12-22-35-33(38)32(36-34(39)45-4)31(27-13-7-5-8-14-27)28-15-9-6-10-16-28/h5-10,13-16,18-21,25,29,31-32H,11-12,17,22-24H2,1-4H3,(H,35,38)(H,36,39)(H2,40,41,42)/t29-,32?/m0/s1. The van der Waals surface area contributed by atoms with Crippen LogP contribution in [0.3, 0.4) is 0 Å². The second kappa shape index (κ2) is 18.3. The van der Waals surface area contributed by atoms with Crippen LogP contribution in [-0.4, -0.2) is 73.4 Å². The highest BCUT2D eigenvalue weighted by atomic mass is 32.2. The maximum absolute atomic E-state index is 13.8. The molecule has 0 spiro atoms. The number of hydrogen-bond acceptors (Lipinski definition) is 7. The van der Waals surface area contributed by atoms with Gasteiger partial charge < -0.3 is 25.2 Å². The molecule has 0 radical (unpaired) electrons. The van der Waals surface area contributed by atoms with Crippen LogP contribution in [0.25, 0.3) is 0 Å². The van der Waals surface area contributed by atoms with Gasteiger partial charge in [0.25, 0.3) is 0 Å². The predicted octanol–water partition coefficient (Wildman–Crippen LogP) is 4.96. The van der Waals surface area contributed by atoms with E-state index >= 15 is 0 Å². The number of phosphoric acid groups is 1. The minimum Gasteiger partial charge on any atom is -0.453 e. The molecule has 0 aromatic heterocycles. The number of ether oxygens (including phenoxy) is 1. The maximum Gasteiger partial charge on any atom is 0.469 e. The quantitative estimate of drug-likeness (QED) is 0.106. The number of methoxy groups -OCH3 is 1. The third kappa shape index (κ3) is 11.8. The van der Waals surface area contributed by atoms with E-state index in [1.54, 1.807) is 12.1 Å². The summed E-state index contributed by atoms with van der Waals surface area (Å²) in [5.74, 6) is -1.07. The Bertz CT molecular complexity index is 1560. The van der Waals surface area contributed by atoms with Crippen LogP contribution in [0, 0.1) is 12.8 Å². The summed E-state index contributed by atoms with van der Waals surface area (Å²) in [5, 5.41) is 5.57. The Hall–Kier alpha value is -3.58. The van der Waals surface area contributed by atoms with Gasteiger partial charge in [-0.15, -0.1) is 0 Å². The van der Waals surface area contributed by atoms with Gasteiger partial charge in [0.2, 0.25) is 15.9 Å². The van der Waals surface area contributed by atoms with Gasteiger partial charge in [-0.3, -0.25) is 9.32 Å². The van der Waals surface area contributed by atoms with E-state index in [0.717, 1.165) is 16.7 Å². The van der Waals surface area contributed by atoms with Crippen molar-refractivity contribution in [3.63, 3.8) is 0 Å². The van der Waals surface area contributed by atoms with Gasteiger partial charge >= 0.3 is 13.9 Å². The summed E-state index contributed by atoms with van der Waals surface area (Å²) < 4.78 is 50.1. The molecule has 2 amide bonds. The number of nitrogens with zero attached hydrogens (tertiary/aromatic N) is 1. The highest BCUT2D eigenvalue weighted by molar-refractivity contribution is 7.89. The zero-order valence-electron chi connectivity index (χ0n) is 27.7. The SMILES string of the molecule is COC(=O)NC(C(=O)NCCCC[C@@H](COP(=O)(O)O)N(CC(C)C)S(=O)(=O)c1ccc(C)cc1)C(c1ccccc1)c1ccccc1. The number of alkyl carbamates (subject to hydrolysis) is 1. The van der Waals surface area contributed by atoms with E-state index in [2.05, 4.69) is 10.6 Å². The molecule has 0 saturated carbocycles. The van der Waals surface area contributed by atoms with Crippen LogP contribution in [0.15, 0.2) is 89.8 Å². The number of hydrogen-bond donors (Lipinski definition) is 4. The van der Waals surface area contributed by atoms with Crippen LogP contribution in [-0.2, 0) is 28.6 Å². The van der Waals surface area contributed by atoms with Gasteiger partial charge in [0.15, 0.2) is 0 Å². The molecule has 0 aliphatic carbocycles. The third-order valence-corrected chi connectivity index (χ3v) is 10.1. The van der Waals surface area contributed by atoms with Crippen molar-refractivity contribution in [3.05, 3.63) is 102 Å². The smallest absolute Gasteiger partial charge is 0.453 e. The number of amides is 2. The summed E-state index contributed by atoms with van der Waals surface area (Å²) >= 11 is 0. The van der Waals surface area contributed by atoms with Gasteiger partial charge in [0.05, 0.1) is 18.6 Å². The number of carbonyl (C=O) groups is 2. The van der Waals surface area contributed by atoms with Crippen LogP contribution in [0.4, 0.5) is 4.79 Å². The van der Waals surface area contributed by atoms with E-state index in [0.29, 0.717) is 12.8 Å². The second-order valence-corrected chi connectivity index (χ2v) is 15.1. The highest BCUT2D eigenvalue weighted by Crippen LogP contribution is 2.37. The first-order valence-corrected chi connectivity index (χ1v) is 18.7. The number of phosphoric ester groups is 1. The fourth-order valence-corrected chi connectivity index (χ4v) is 7.52. The molecule has 0 aliphatic heterocycles. The Morgan fingerprint density at radius 2 is 1.46 bits per heavy atom. The van der Waals surface area contributed by atoms with Gasteiger partial charge in [-0.1, -0.05) is 98.6 Å². The molecule has 0 saturated heterocycles. The van der Waals surface area contributed by atoms with Crippen LogP contribution in [0.5, 0.6) is 0 Å². The first-order chi connectivity index (χ1) is 22.7. The largest absolute Gasteiger partial charge is 0.469 e. The summed E-state index contributed by atoms with van der Waals surface area (Å²) in [5.41, 5.74) is 2.51. The lowest BCUT2D eigenvalue weighted by Crippen LogP contribution is -2.50. The van der Waals surface area contributed by atoms with Crippen LogP contribution < -0.4 is 10.6 Å². The minimum absolute atomic E-state index is 0.0673. The fraction of sp³-hybridized carbons (Fsp3) is 0.412. The topological polar surface area (TPSA) is 172 Å². The van der Waals surface area contributed by atoms with Gasteiger partial charge in [-0.25, -0.2) is 17.8 Å². The van der Waals surface area contributed by atoms with E-state index in [4.69, 9.17) is 9.26 Å². The first-order valence-electron chi connectivity index (χ1n) is 15.7. The molecule has 0 aliphatic rings. The van der Waals surface area contributed by atoms with E-state index in [1.165, 1.54) is 23.5 Å². The summed E-state index contributed by atoms with van der Waals surface area (Å²) in [6.07, 6.45) is 0.238. The zero-order chi connectivity index (χ0) is 35.3. The summed E-state index contributed by atoms with van der Waals surface area (Å²) in [7, 11) is -7.72. The number of benzene rings is 3. The molecule has 12 nitrogen and oxygen atoms in total. The van der Waals surface area contributed by atoms with E-state index in [9.17, 15) is 32.4 Å². The van der Waals surface area contributed by atoms with E-state index in [1.807, 2.05) is 81.4 Å². The third-order valence-electron chi connectivity index (χ3n) is 7.67. The van der Waals surface area contributed by atoms with Crippen molar-refractivity contribution >= 4 is 29.8 Å². The van der Waals surface area contributed by atoms with Crippen LogP contribution in [0.2, 0.25) is 0 Å². The molecule has 2 atom stereocenters. The van der Waals surface area contributed by atoms with Gasteiger partial charge in [-0.2, -0.15) is 4.31 Å². The van der Waals surface area contributed by atoms with Crippen molar-refractivity contribution in [3.8, 4) is 0 Å². The number of sulfonamides is 1. The molecule has 0 fully saturated rings. The average Bonchev–Trinajstić information content (AvgIpc) is 3.05. The first kappa shape index (κ1) is 38.9. The second-order valence-electron chi connectivity index (χ2n) is 11.9. The monoisotopic (exact) mass is 703 g/mol. The lowest BCUT2D eigenvalue weighted by atomic mass is 9.84. The van der Waals surface area contributed by atoms with Gasteiger partial charge in [0, 0.05) is 25.0 Å². The Morgan fingerprint density at radius 1 is 0.896 bits per heavy atom. The van der Waals surface area contributed by atoms with E-state index in [-0.39, 0.29) is 30.3 Å². The molecule has 262 valence electrons. The normalized spacial score (nSPS) is 13.4. The Morgan fingerprint density at radius 3 is 1.96 bits per heavy atom. The average molecular weight is 704 g/mol. The van der Waals surface area contributed by atoms with Crippen molar-refractivity contribution in [1.82, 2.24) is 14.9 Å². The number of nitrogens with one attached hydrogen (secondary N) is 2. The lowest BCUT2D eigenvalue weighted by molar-refractivity contribution is -0.123.